The van der Waals surface area contributed by atoms with E-state index in [0.717, 1.165) is 20.6 Å². The Bertz CT molecular complexity index is 1390. The average Bonchev–Trinajstić information content (AvgIpc) is 3.29. The highest BCUT2D eigenvalue weighted by Crippen LogP contribution is 2.25. The SMILES string of the molecule is Cc1cc(Nc2nccn3c(I)cnc23)ccc1C(=O)N1CCC(C(=O)NCCN(C)C(=O)OC(C)(C)C)CC1. The number of ether oxygens (including phenoxy) is 1. The van der Waals surface area contributed by atoms with Crippen LogP contribution in [0, 0.1) is 16.5 Å². The monoisotopic (exact) mass is 661 g/mol. The van der Waals surface area contributed by atoms with Gasteiger partial charge in [-0.15, -0.1) is 0 Å². The average molecular weight is 662 g/mol. The van der Waals surface area contributed by atoms with Crippen LogP contribution in [0.1, 0.15) is 49.5 Å². The first kappa shape index (κ1) is 29.6. The zero-order valence-corrected chi connectivity index (χ0v) is 25.7. The van der Waals surface area contributed by atoms with Gasteiger partial charge in [0.25, 0.3) is 5.91 Å². The molecule has 214 valence electrons. The number of carbonyl (C=O) groups is 3. The van der Waals surface area contributed by atoms with Crippen molar-refractivity contribution in [3.63, 3.8) is 0 Å². The molecule has 4 rings (SSSR count). The van der Waals surface area contributed by atoms with Crippen LogP contribution < -0.4 is 10.6 Å². The third-order valence-corrected chi connectivity index (χ3v) is 7.51. The third-order valence-electron chi connectivity index (χ3n) is 6.71. The zero-order valence-electron chi connectivity index (χ0n) is 23.5. The van der Waals surface area contributed by atoms with Crippen LogP contribution in [0.25, 0.3) is 5.65 Å². The summed E-state index contributed by atoms with van der Waals surface area (Å²) < 4.78 is 8.27. The molecule has 0 bridgehead atoms. The van der Waals surface area contributed by atoms with E-state index in [0.29, 0.717) is 50.4 Å². The van der Waals surface area contributed by atoms with Crippen molar-refractivity contribution >= 4 is 57.7 Å². The summed E-state index contributed by atoms with van der Waals surface area (Å²) in [5, 5.41) is 6.22. The molecule has 1 aliphatic rings. The van der Waals surface area contributed by atoms with Crippen molar-refractivity contribution < 1.29 is 19.1 Å². The van der Waals surface area contributed by atoms with Gasteiger partial charge in [-0.2, -0.15) is 0 Å². The molecule has 1 fully saturated rings. The number of carbonyl (C=O) groups excluding carboxylic acids is 3. The maximum Gasteiger partial charge on any atom is 0.410 e. The van der Waals surface area contributed by atoms with E-state index in [4.69, 9.17) is 4.74 Å². The number of benzene rings is 1. The molecule has 2 N–H and O–H groups in total. The topological polar surface area (TPSA) is 121 Å². The number of anilines is 2. The Balaban J connectivity index is 1.27. The van der Waals surface area contributed by atoms with Crippen LogP contribution in [0.4, 0.5) is 16.3 Å². The molecule has 0 atom stereocenters. The lowest BCUT2D eigenvalue weighted by Gasteiger charge is -2.32. The molecule has 3 heterocycles. The van der Waals surface area contributed by atoms with Crippen LogP contribution in [-0.4, -0.2) is 80.9 Å². The summed E-state index contributed by atoms with van der Waals surface area (Å²) in [4.78, 5) is 50.1. The summed E-state index contributed by atoms with van der Waals surface area (Å²) in [7, 11) is 1.65. The fourth-order valence-electron chi connectivity index (χ4n) is 4.53. The number of likely N-dealkylation sites (N-methyl/N-ethyl adjacent to an activating group) is 1. The number of fused-ring (bicyclic) bond motifs is 1. The lowest BCUT2D eigenvalue weighted by atomic mass is 9.95. The predicted molar refractivity (Wildman–Crippen MR) is 161 cm³/mol. The number of nitrogens with zero attached hydrogens (tertiary/aromatic N) is 5. The smallest absolute Gasteiger partial charge is 0.410 e. The van der Waals surface area contributed by atoms with Crippen molar-refractivity contribution in [2.24, 2.45) is 5.92 Å². The summed E-state index contributed by atoms with van der Waals surface area (Å²) >= 11 is 2.22. The summed E-state index contributed by atoms with van der Waals surface area (Å²) in [6.07, 6.45) is 6.13. The van der Waals surface area contributed by atoms with Gasteiger partial charge in [0, 0.05) is 62.8 Å². The molecule has 11 nitrogen and oxygen atoms in total. The Morgan fingerprint density at radius 2 is 1.90 bits per heavy atom. The Labute approximate surface area is 247 Å². The van der Waals surface area contributed by atoms with Crippen molar-refractivity contribution in [3.8, 4) is 0 Å². The van der Waals surface area contributed by atoms with Gasteiger partial charge in [0.15, 0.2) is 11.5 Å². The quantitative estimate of drug-likeness (QED) is 0.364. The highest BCUT2D eigenvalue weighted by atomic mass is 127. The van der Waals surface area contributed by atoms with E-state index in [1.54, 1.807) is 19.4 Å². The first-order valence-electron chi connectivity index (χ1n) is 13.3. The zero-order chi connectivity index (χ0) is 29.0. The minimum absolute atomic E-state index is 0.0371. The summed E-state index contributed by atoms with van der Waals surface area (Å²) in [6, 6.07) is 5.63. The van der Waals surface area contributed by atoms with Gasteiger partial charge in [-0.25, -0.2) is 14.8 Å². The number of imidazole rings is 1. The van der Waals surface area contributed by atoms with E-state index in [-0.39, 0.29) is 17.7 Å². The van der Waals surface area contributed by atoms with Crippen molar-refractivity contribution in [1.29, 1.82) is 0 Å². The third kappa shape index (κ3) is 7.20. The van der Waals surface area contributed by atoms with Gasteiger partial charge < -0.3 is 25.2 Å². The van der Waals surface area contributed by atoms with Gasteiger partial charge in [-0.1, -0.05) is 0 Å². The van der Waals surface area contributed by atoms with Crippen LogP contribution >= 0.6 is 22.6 Å². The molecule has 3 aromatic rings. The molecule has 0 aliphatic carbocycles. The first-order chi connectivity index (χ1) is 18.9. The van der Waals surface area contributed by atoms with Crippen LogP contribution in [0.2, 0.25) is 0 Å². The highest BCUT2D eigenvalue weighted by molar-refractivity contribution is 14.1. The van der Waals surface area contributed by atoms with Gasteiger partial charge in [-0.3, -0.25) is 14.0 Å². The van der Waals surface area contributed by atoms with Crippen LogP contribution in [-0.2, 0) is 9.53 Å². The molecule has 0 saturated carbocycles. The Hall–Kier alpha value is -3.42. The number of rotatable bonds is 7. The second-order valence-corrected chi connectivity index (χ2v) is 12.1. The molecule has 40 heavy (non-hydrogen) atoms. The molecule has 0 spiro atoms. The standard InChI is InChI=1S/C28H36IN7O4/c1-18-16-20(33-23-24-32-17-22(29)36(24)15-11-30-23)6-7-21(18)26(38)35-12-8-19(9-13-35)25(37)31-10-14-34(5)27(39)40-28(2,3)4/h6-7,11,15-17,19H,8-10,12-14H2,1-5H3,(H,30,33)(H,31,37). The van der Waals surface area contributed by atoms with E-state index < -0.39 is 11.7 Å². The molecule has 1 aromatic carbocycles. The molecule has 1 aliphatic heterocycles. The fraction of sp³-hybridized carbons (Fsp3) is 0.464. The number of hydrogen-bond acceptors (Lipinski definition) is 7. The lowest BCUT2D eigenvalue weighted by molar-refractivity contribution is -0.126. The molecule has 0 radical (unpaired) electrons. The maximum absolute atomic E-state index is 13.3. The van der Waals surface area contributed by atoms with E-state index in [1.165, 1.54) is 4.90 Å². The van der Waals surface area contributed by atoms with Gasteiger partial charge in [0.05, 0.1) is 6.20 Å². The van der Waals surface area contributed by atoms with Gasteiger partial charge in [0.2, 0.25) is 5.91 Å². The molecule has 3 amide bonds. The minimum Gasteiger partial charge on any atom is -0.444 e. The summed E-state index contributed by atoms with van der Waals surface area (Å²) in [6.45, 7) is 9.08. The van der Waals surface area contributed by atoms with Crippen LogP contribution in [0.5, 0.6) is 0 Å². The van der Waals surface area contributed by atoms with Crippen LogP contribution in [0.3, 0.4) is 0 Å². The van der Waals surface area contributed by atoms with Gasteiger partial charge in [0.1, 0.15) is 9.30 Å². The number of nitrogens with one attached hydrogen (secondary N) is 2. The largest absolute Gasteiger partial charge is 0.444 e. The van der Waals surface area contributed by atoms with Crippen LogP contribution in [0.15, 0.2) is 36.8 Å². The highest BCUT2D eigenvalue weighted by Gasteiger charge is 2.28. The fourth-order valence-corrected chi connectivity index (χ4v) is 5.06. The first-order valence-corrected chi connectivity index (χ1v) is 14.4. The number of halogens is 1. The Morgan fingerprint density at radius 3 is 2.58 bits per heavy atom. The molecule has 2 aromatic heterocycles. The van der Waals surface area contributed by atoms with Crippen molar-refractivity contribution in [1.82, 2.24) is 29.5 Å². The molecule has 12 heteroatoms. The van der Waals surface area contributed by atoms with E-state index in [9.17, 15) is 14.4 Å². The van der Waals surface area contributed by atoms with Crippen molar-refractivity contribution in [3.05, 3.63) is 51.6 Å². The van der Waals surface area contributed by atoms with Gasteiger partial charge >= 0.3 is 6.09 Å². The molecular weight excluding hydrogens is 625 g/mol. The van der Waals surface area contributed by atoms with E-state index >= 15 is 0 Å². The number of piperidine rings is 1. The minimum atomic E-state index is -0.566. The van der Waals surface area contributed by atoms with Crippen molar-refractivity contribution in [2.45, 2.75) is 46.1 Å². The number of hydrogen-bond donors (Lipinski definition) is 2. The summed E-state index contributed by atoms with van der Waals surface area (Å²) in [5.41, 5.74) is 2.48. The predicted octanol–water partition coefficient (Wildman–Crippen LogP) is 4.22. The maximum atomic E-state index is 13.3. The number of aryl methyl sites for hydroxylation is 1. The lowest BCUT2D eigenvalue weighted by Crippen LogP contribution is -2.45. The molecular formula is C28H36IN7O4. The molecule has 0 unspecified atom stereocenters. The number of likely N-dealkylation sites (tertiary alicyclic amines) is 1. The second-order valence-electron chi connectivity index (χ2n) is 11.0. The number of amides is 3. The van der Waals surface area contributed by atoms with E-state index in [1.807, 2.05) is 61.4 Å². The van der Waals surface area contributed by atoms with E-state index in [2.05, 4.69) is 43.2 Å². The van der Waals surface area contributed by atoms with Gasteiger partial charge in [-0.05, 0) is 86.9 Å². The summed E-state index contributed by atoms with van der Waals surface area (Å²) in [5.74, 6) is 0.391. The normalized spacial score (nSPS) is 14.2. The Kier molecular flexibility index (Phi) is 9.16. The second kappa shape index (κ2) is 12.4. The Morgan fingerprint density at radius 1 is 1.18 bits per heavy atom. The molecule has 1 saturated heterocycles. The van der Waals surface area contributed by atoms with Crippen molar-refractivity contribution in [2.75, 3.05) is 38.5 Å². The number of aromatic nitrogens is 3.